The van der Waals surface area contributed by atoms with E-state index in [-0.39, 0.29) is 0 Å². The SMILES string of the molecule is C1=CCC2C(=C1)C13CCNCC1CCC2C3. The first-order valence-corrected chi connectivity index (χ1v) is 6.98. The minimum absolute atomic E-state index is 0.629. The van der Waals surface area contributed by atoms with Gasteiger partial charge in [0.05, 0.1) is 0 Å². The van der Waals surface area contributed by atoms with Crippen molar-refractivity contribution in [1.29, 1.82) is 0 Å². The standard InChI is InChI=1S/C15H21N/c1-2-4-14-13(3-1)11-5-6-12-10-16-8-7-15(12,14)9-11/h1-2,4,11-13,16H,3,5-10H2. The second-order valence-electron chi connectivity index (χ2n) is 6.24. The normalized spacial score (nSPS) is 49.5. The second kappa shape index (κ2) is 3.22. The quantitative estimate of drug-likeness (QED) is 0.655. The molecule has 1 aliphatic heterocycles. The van der Waals surface area contributed by atoms with Gasteiger partial charge in [-0.2, -0.15) is 0 Å². The molecule has 1 heteroatoms. The van der Waals surface area contributed by atoms with Crippen LogP contribution in [0.15, 0.2) is 23.8 Å². The molecule has 1 nitrogen and oxygen atoms in total. The maximum absolute atomic E-state index is 3.61. The predicted octanol–water partition coefficient (Wildman–Crippen LogP) is 2.90. The van der Waals surface area contributed by atoms with Gasteiger partial charge in [-0.3, -0.25) is 0 Å². The molecule has 4 aliphatic rings. The van der Waals surface area contributed by atoms with Crippen molar-refractivity contribution in [3.8, 4) is 0 Å². The van der Waals surface area contributed by atoms with Crippen LogP contribution in [0.5, 0.6) is 0 Å². The molecule has 86 valence electrons. The molecule has 0 aromatic rings. The van der Waals surface area contributed by atoms with Crippen LogP contribution >= 0.6 is 0 Å². The van der Waals surface area contributed by atoms with Gasteiger partial charge >= 0.3 is 0 Å². The molecule has 3 aliphatic carbocycles. The van der Waals surface area contributed by atoms with Gasteiger partial charge in [-0.15, -0.1) is 0 Å². The summed E-state index contributed by atoms with van der Waals surface area (Å²) in [6.45, 7) is 2.53. The number of fused-ring (bicyclic) bond motifs is 3. The van der Waals surface area contributed by atoms with E-state index in [2.05, 4.69) is 23.5 Å². The van der Waals surface area contributed by atoms with Crippen molar-refractivity contribution in [2.75, 3.05) is 13.1 Å². The lowest BCUT2D eigenvalue weighted by molar-refractivity contribution is 0.100. The molecule has 0 radical (unpaired) electrons. The molecule has 16 heavy (non-hydrogen) atoms. The van der Waals surface area contributed by atoms with Gasteiger partial charge in [-0.25, -0.2) is 0 Å². The molecule has 4 unspecified atom stereocenters. The Bertz CT molecular complexity index is 368. The van der Waals surface area contributed by atoms with Gasteiger partial charge in [0, 0.05) is 0 Å². The second-order valence-corrected chi connectivity index (χ2v) is 6.24. The molecule has 0 amide bonds. The van der Waals surface area contributed by atoms with Crippen molar-refractivity contribution in [1.82, 2.24) is 5.32 Å². The molecular weight excluding hydrogens is 194 g/mol. The average molecular weight is 215 g/mol. The number of nitrogens with one attached hydrogen (secondary N) is 1. The third-order valence-corrected chi connectivity index (χ3v) is 5.78. The summed E-state index contributed by atoms with van der Waals surface area (Å²) in [5, 5.41) is 3.61. The van der Waals surface area contributed by atoms with Crippen LogP contribution in [0.25, 0.3) is 0 Å². The molecule has 4 atom stereocenters. The average Bonchev–Trinajstić information content (AvgIpc) is 2.60. The maximum atomic E-state index is 3.61. The van der Waals surface area contributed by atoms with Gasteiger partial charge in [0.2, 0.25) is 0 Å². The minimum Gasteiger partial charge on any atom is -0.316 e. The van der Waals surface area contributed by atoms with Crippen molar-refractivity contribution < 1.29 is 0 Å². The summed E-state index contributed by atoms with van der Waals surface area (Å²) >= 11 is 0. The van der Waals surface area contributed by atoms with Crippen LogP contribution in [0.3, 0.4) is 0 Å². The number of rotatable bonds is 0. The molecule has 0 aromatic carbocycles. The summed E-state index contributed by atoms with van der Waals surface area (Å²) in [7, 11) is 0. The van der Waals surface area contributed by atoms with Crippen LogP contribution in [0.1, 0.15) is 32.1 Å². The number of piperidine rings is 1. The van der Waals surface area contributed by atoms with Gasteiger partial charge < -0.3 is 5.32 Å². The van der Waals surface area contributed by atoms with Crippen molar-refractivity contribution in [2.24, 2.45) is 23.2 Å². The van der Waals surface area contributed by atoms with Gasteiger partial charge in [-0.1, -0.05) is 23.8 Å². The molecule has 1 heterocycles. The van der Waals surface area contributed by atoms with E-state index >= 15 is 0 Å². The van der Waals surface area contributed by atoms with Crippen LogP contribution < -0.4 is 5.32 Å². The summed E-state index contributed by atoms with van der Waals surface area (Å²) in [5.41, 5.74) is 2.48. The van der Waals surface area contributed by atoms with E-state index in [1.807, 2.05) is 5.57 Å². The van der Waals surface area contributed by atoms with Gasteiger partial charge in [-0.05, 0) is 68.4 Å². The summed E-state index contributed by atoms with van der Waals surface area (Å²) < 4.78 is 0. The molecule has 4 rings (SSSR count). The Morgan fingerprint density at radius 3 is 3.31 bits per heavy atom. The third-order valence-electron chi connectivity index (χ3n) is 5.78. The molecular formula is C15H21N. The molecule has 3 fully saturated rings. The fourth-order valence-electron chi connectivity index (χ4n) is 5.09. The highest BCUT2D eigenvalue weighted by Gasteiger charge is 2.56. The number of allylic oxidation sites excluding steroid dienone is 4. The zero-order chi connectivity index (χ0) is 10.6. The lowest BCUT2D eigenvalue weighted by Crippen LogP contribution is -2.46. The topological polar surface area (TPSA) is 12.0 Å². The van der Waals surface area contributed by atoms with E-state index in [1.54, 1.807) is 0 Å². The summed E-state index contributed by atoms with van der Waals surface area (Å²) in [5.74, 6) is 2.89. The lowest BCUT2D eigenvalue weighted by Gasteiger charge is -2.46. The summed E-state index contributed by atoms with van der Waals surface area (Å²) in [6, 6.07) is 0. The van der Waals surface area contributed by atoms with Crippen LogP contribution in [-0.2, 0) is 0 Å². The largest absolute Gasteiger partial charge is 0.316 e. The van der Waals surface area contributed by atoms with Gasteiger partial charge in [0.1, 0.15) is 0 Å². The Morgan fingerprint density at radius 1 is 1.31 bits per heavy atom. The fraction of sp³-hybridized carbons (Fsp3) is 0.733. The Labute approximate surface area is 98.0 Å². The number of hydrogen-bond acceptors (Lipinski definition) is 1. The highest BCUT2D eigenvalue weighted by molar-refractivity contribution is 5.35. The van der Waals surface area contributed by atoms with E-state index in [9.17, 15) is 0 Å². The van der Waals surface area contributed by atoms with Crippen LogP contribution in [-0.4, -0.2) is 13.1 Å². The first kappa shape index (κ1) is 9.47. The Balaban J connectivity index is 1.82. The van der Waals surface area contributed by atoms with E-state index in [1.165, 1.54) is 45.2 Å². The van der Waals surface area contributed by atoms with E-state index in [0.29, 0.717) is 5.41 Å². The highest BCUT2D eigenvalue weighted by Crippen LogP contribution is 2.63. The molecule has 2 saturated carbocycles. The van der Waals surface area contributed by atoms with Gasteiger partial charge in [0.25, 0.3) is 0 Å². The third kappa shape index (κ3) is 1.05. The van der Waals surface area contributed by atoms with Crippen molar-refractivity contribution in [3.05, 3.63) is 23.8 Å². The Hall–Kier alpha value is -0.560. The number of hydrogen-bond donors (Lipinski definition) is 1. The van der Waals surface area contributed by atoms with Crippen molar-refractivity contribution in [2.45, 2.75) is 32.1 Å². The minimum atomic E-state index is 0.629. The van der Waals surface area contributed by atoms with Crippen molar-refractivity contribution >= 4 is 0 Å². The van der Waals surface area contributed by atoms with Crippen LogP contribution in [0.4, 0.5) is 0 Å². The van der Waals surface area contributed by atoms with E-state index < -0.39 is 0 Å². The van der Waals surface area contributed by atoms with Gasteiger partial charge in [0.15, 0.2) is 0 Å². The fourth-order valence-corrected chi connectivity index (χ4v) is 5.09. The molecule has 2 bridgehead atoms. The maximum Gasteiger partial charge on any atom is -0.00121 e. The smallest absolute Gasteiger partial charge is 0.00121 e. The van der Waals surface area contributed by atoms with E-state index in [4.69, 9.17) is 0 Å². The first-order valence-electron chi connectivity index (χ1n) is 6.98. The molecule has 1 spiro atoms. The predicted molar refractivity (Wildman–Crippen MR) is 66.1 cm³/mol. The zero-order valence-corrected chi connectivity index (χ0v) is 9.91. The molecule has 1 N–H and O–H groups in total. The van der Waals surface area contributed by atoms with Crippen molar-refractivity contribution in [3.63, 3.8) is 0 Å². The molecule has 1 saturated heterocycles. The first-order chi connectivity index (χ1) is 7.90. The summed E-state index contributed by atoms with van der Waals surface area (Å²) in [4.78, 5) is 0. The van der Waals surface area contributed by atoms with Crippen LogP contribution in [0.2, 0.25) is 0 Å². The van der Waals surface area contributed by atoms with Crippen LogP contribution in [0, 0.1) is 23.2 Å². The summed E-state index contributed by atoms with van der Waals surface area (Å²) in [6.07, 6.45) is 14.4. The highest BCUT2D eigenvalue weighted by atomic mass is 14.9. The Morgan fingerprint density at radius 2 is 2.31 bits per heavy atom. The lowest BCUT2D eigenvalue weighted by atomic mass is 9.62. The zero-order valence-electron chi connectivity index (χ0n) is 9.91. The molecule has 0 aromatic heterocycles. The van der Waals surface area contributed by atoms with E-state index in [0.717, 1.165) is 17.8 Å². The monoisotopic (exact) mass is 215 g/mol. The Kier molecular flexibility index (Phi) is 1.91.